The molecule has 1 aromatic rings. The fraction of sp³-hybridized carbons (Fsp3) is 0.231. The normalized spacial score (nSPS) is 15.0. The van der Waals surface area contributed by atoms with Crippen molar-refractivity contribution < 1.29 is 19.5 Å². The van der Waals surface area contributed by atoms with Gasteiger partial charge in [0.2, 0.25) is 0 Å². The summed E-state index contributed by atoms with van der Waals surface area (Å²) in [4.78, 5) is 36.1. The van der Waals surface area contributed by atoms with Crippen LogP contribution in [0.3, 0.4) is 0 Å². The molecule has 2 amide bonds. The van der Waals surface area contributed by atoms with Gasteiger partial charge < -0.3 is 5.11 Å². The van der Waals surface area contributed by atoms with Crippen LogP contribution in [0.2, 0.25) is 0 Å². The predicted octanol–water partition coefficient (Wildman–Crippen LogP) is 1.04. The average Bonchev–Trinajstić information content (AvgIpc) is 2.64. The lowest BCUT2D eigenvalue weighted by Gasteiger charge is -2.21. The molecule has 1 aromatic carbocycles. The summed E-state index contributed by atoms with van der Waals surface area (Å²) in [6, 6.07) is 6.70. The highest BCUT2D eigenvalue weighted by Gasteiger charge is 2.42. The molecule has 0 saturated heterocycles. The smallest absolute Gasteiger partial charge is 0.326 e. The summed E-state index contributed by atoms with van der Waals surface area (Å²) < 4.78 is 0. The number of fused-ring (bicyclic) bond motifs is 1. The van der Waals surface area contributed by atoms with E-state index in [4.69, 9.17) is 10.4 Å². The molecule has 1 aliphatic heterocycles. The summed E-state index contributed by atoms with van der Waals surface area (Å²) >= 11 is 0. The van der Waals surface area contributed by atoms with Gasteiger partial charge in [0.1, 0.15) is 6.04 Å². The number of amides is 2. The van der Waals surface area contributed by atoms with Gasteiger partial charge in [0.15, 0.2) is 0 Å². The van der Waals surface area contributed by atoms with E-state index >= 15 is 0 Å². The van der Waals surface area contributed by atoms with Crippen LogP contribution in [0.4, 0.5) is 0 Å². The van der Waals surface area contributed by atoms with Crippen LogP contribution in [0, 0.1) is 11.3 Å². The molecule has 0 bridgehead atoms. The zero-order chi connectivity index (χ0) is 14.0. The Labute approximate surface area is 108 Å². The first-order valence-electron chi connectivity index (χ1n) is 5.64. The van der Waals surface area contributed by atoms with Crippen molar-refractivity contribution >= 4 is 17.8 Å². The topological polar surface area (TPSA) is 98.5 Å². The summed E-state index contributed by atoms with van der Waals surface area (Å²) in [5.41, 5.74) is 0.409. The van der Waals surface area contributed by atoms with E-state index in [2.05, 4.69) is 0 Å². The summed E-state index contributed by atoms with van der Waals surface area (Å²) in [7, 11) is 0. The monoisotopic (exact) mass is 260 g/mol. The molecule has 2 rings (SSSR count). The quantitative estimate of drug-likeness (QED) is 0.495. The van der Waals surface area contributed by atoms with E-state index in [1.165, 1.54) is 12.1 Å². The molecule has 1 atom stereocenters. The highest BCUT2D eigenvalue weighted by atomic mass is 16.4. The Balaban J connectivity index is 2.37. The average molecular weight is 260 g/mol. The van der Waals surface area contributed by atoms with Gasteiger partial charge in [-0.3, -0.25) is 14.5 Å². The van der Waals surface area contributed by atoms with Crippen molar-refractivity contribution in [1.29, 1.82) is 5.26 Å². The maximum Gasteiger partial charge on any atom is 0.326 e. The summed E-state index contributed by atoms with van der Waals surface area (Å²) in [6.07, 6.45) is -0.109. The van der Waals surface area contributed by atoms with Crippen molar-refractivity contribution in [3.05, 3.63) is 35.4 Å². The molecule has 0 saturated carbocycles. The van der Waals surface area contributed by atoms with Crippen LogP contribution in [0.25, 0.3) is 0 Å². The molecule has 6 nitrogen and oxygen atoms in total. The van der Waals surface area contributed by atoms with E-state index < -0.39 is 23.8 Å². The molecule has 0 spiro atoms. The largest absolute Gasteiger partial charge is 0.480 e. The van der Waals surface area contributed by atoms with Gasteiger partial charge in [-0.15, -0.1) is 0 Å². The first-order chi connectivity index (χ1) is 9.07. The van der Waals surface area contributed by atoms with Gasteiger partial charge in [0.05, 0.1) is 17.2 Å². The number of rotatable bonds is 4. The van der Waals surface area contributed by atoms with Crippen LogP contribution in [-0.4, -0.2) is 33.8 Å². The first kappa shape index (κ1) is 12.8. The van der Waals surface area contributed by atoms with Gasteiger partial charge in [-0.1, -0.05) is 12.1 Å². The summed E-state index contributed by atoms with van der Waals surface area (Å²) in [5, 5.41) is 17.6. The fourth-order valence-electron chi connectivity index (χ4n) is 2.06. The van der Waals surface area contributed by atoms with Crippen molar-refractivity contribution in [3.63, 3.8) is 0 Å². The van der Waals surface area contributed by atoms with E-state index in [1.807, 2.05) is 6.07 Å². The van der Waals surface area contributed by atoms with Gasteiger partial charge in [0.25, 0.3) is 11.8 Å². The molecule has 0 aromatic heterocycles. The van der Waals surface area contributed by atoms with Gasteiger partial charge >= 0.3 is 5.97 Å². The van der Waals surface area contributed by atoms with Crippen molar-refractivity contribution in [3.8, 4) is 6.07 Å². The summed E-state index contributed by atoms with van der Waals surface area (Å²) in [5.74, 6) is -2.53. The van der Waals surface area contributed by atoms with E-state index in [0.29, 0.717) is 0 Å². The SMILES string of the molecule is N#[13C]CCC(C(=O)O)[15N]1C(=O)c2ccccc2C1=O. The number of hydrogen-bond donors (Lipinski definition) is 1. The highest BCUT2D eigenvalue weighted by Crippen LogP contribution is 2.25. The number of benzene rings is 1. The molecule has 1 heterocycles. The Bertz CT molecular complexity index is 568. The number of carbonyl (C=O) groups excluding carboxylic acids is 2. The van der Waals surface area contributed by atoms with Crippen molar-refractivity contribution in [2.24, 2.45) is 0 Å². The minimum atomic E-state index is -1.30. The molecule has 1 N–H and O–H groups in total. The Morgan fingerprint density at radius 2 is 1.79 bits per heavy atom. The molecular formula is C13H10N2O4. The minimum absolute atomic E-state index is 0.0373. The standard InChI is InChI=1S/C13H10N2O4/c14-7-3-6-10(13(18)19)15-11(16)8-4-1-2-5-9(8)12(15)17/h1-2,4-5,10H,3,6H2,(H,18,19)/i7+1,15+1. The second-order valence-corrected chi connectivity index (χ2v) is 4.08. The Morgan fingerprint density at radius 1 is 1.26 bits per heavy atom. The second-order valence-electron chi connectivity index (χ2n) is 4.08. The number of carboxylic acids is 1. The van der Waals surface area contributed by atoms with Gasteiger partial charge in [-0.05, 0) is 18.6 Å². The second kappa shape index (κ2) is 4.90. The van der Waals surface area contributed by atoms with Crippen molar-refractivity contribution in [1.82, 2.24) is 4.90 Å². The highest BCUT2D eigenvalue weighted by molar-refractivity contribution is 6.22. The molecule has 1 unspecified atom stereocenters. The summed E-state index contributed by atoms with van der Waals surface area (Å²) in [6.45, 7) is 0. The number of aliphatic carboxylic acids is 1. The molecule has 0 aliphatic carbocycles. The zero-order valence-electron chi connectivity index (χ0n) is 9.87. The molecule has 1 aliphatic rings. The number of carbonyl (C=O) groups is 3. The molecule has 19 heavy (non-hydrogen) atoms. The molecule has 0 radical (unpaired) electrons. The van der Waals surface area contributed by atoms with E-state index in [1.54, 1.807) is 12.1 Å². The molecular weight excluding hydrogens is 250 g/mol. The lowest BCUT2D eigenvalue weighted by molar-refractivity contribution is -0.141. The number of carboxylic acid groups (broad SMARTS) is 1. The third-order valence-corrected chi connectivity index (χ3v) is 2.95. The third-order valence-electron chi connectivity index (χ3n) is 2.95. The van der Waals surface area contributed by atoms with Crippen molar-refractivity contribution in [2.45, 2.75) is 18.9 Å². The lowest BCUT2D eigenvalue weighted by Crippen LogP contribution is -2.44. The number of nitriles is 1. The van der Waals surface area contributed by atoms with Crippen LogP contribution in [0.1, 0.15) is 33.6 Å². The third kappa shape index (κ3) is 2.06. The van der Waals surface area contributed by atoms with Crippen LogP contribution in [0.5, 0.6) is 0 Å². The van der Waals surface area contributed by atoms with Gasteiger partial charge in [-0.2, -0.15) is 5.26 Å². The van der Waals surface area contributed by atoms with E-state index in [0.717, 1.165) is 4.90 Å². The van der Waals surface area contributed by atoms with Crippen molar-refractivity contribution in [2.75, 3.05) is 0 Å². The van der Waals surface area contributed by atoms with Crippen LogP contribution in [-0.2, 0) is 4.79 Å². The minimum Gasteiger partial charge on any atom is -0.480 e. The first-order valence-corrected chi connectivity index (χ1v) is 5.64. The van der Waals surface area contributed by atoms with Crippen LogP contribution < -0.4 is 0 Å². The predicted molar refractivity (Wildman–Crippen MR) is 63.2 cm³/mol. The Kier molecular flexibility index (Phi) is 3.29. The van der Waals surface area contributed by atoms with E-state index in [9.17, 15) is 14.4 Å². The Hall–Kier alpha value is -2.68. The number of imide groups is 1. The van der Waals surface area contributed by atoms with Gasteiger partial charge in [0, 0.05) is 6.42 Å². The lowest BCUT2D eigenvalue weighted by atomic mass is 10.1. The number of nitrogens with zero attached hydrogens (tertiary/aromatic N) is 2. The Morgan fingerprint density at radius 3 is 2.21 bits per heavy atom. The number of hydrogen-bond acceptors (Lipinski definition) is 4. The fourth-order valence-corrected chi connectivity index (χ4v) is 2.06. The maximum atomic E-state index is 12.1. The molecule has 0 fully saturated rings. The maximum absolute atomic E-state index is 12.1. The van der Waals surface area contributed by atoms with Crippen LogP contribution in [0.15, 0.2) is 24.3 Å². The van der Waals surface area contributed by atoms with Gasteiger partial charge in [-0.25, -0.2) is 4.79 Å². The molecule has 6 heteroatoms. The molecule has 96 valence electrons. The van der Waals surface area contributed by atoms with Crippen LogP contribution >= 0.6 is 0 Å². The zero-order valence-corrected chi connectivity index (χ0v) is 9.87. The van der Waals surface area contributed by atoms with E-state index in [-0.39, 0.29) is 24.0 Å².